The van der Waals surface area contributed by atoms with Crippen molar-refractivity contribution in [3.63, 3.8) is 0 Å². The van der Waals surface area contributed by atoms with E-state index in [9.17, 15) is 14.4 Å². The van der Waals surface area contributed by atoms with E-state index < -0.39 is 17.4 Å². The van der Waals surface area contributed by atoms with Gasteiger partial charge >= 0.3 is 0 Å². The van der Waals surface area contributed by atoms with Crippen LogP contribution < -0.4 is 10.2 Å². The van der Waals surface area contributed by atoms with Gasteiger partial charge in [0.15, 0.2) is 0 Å². The summed E-state index contributed by atoms with van der Waals surface area (Å²) in [6.07, 6.45) is 1.69. The van der Waals surface area contributed by atoms with Crippen LogP contribution in [0.5, 0.6) is 0 Å². The van der Waals surface area contributed by atoms with Crippen molar-refractivity contribution >= 4 is 40.7 Å². The van der Waals surface area contributed by atoms with Crippen molar-refractivity contribution in [1.29, 1.82) is 0 Å². The van der Waals surface area contributed by atoms with Crippen LogP contribution in [0.3, 0.4) is 0 Å². The van der Waals surface area contributed by atoms with Gasteiger partial charge in [-0.25, -0.2) is 4.90 Å². The van der Waals surface area contributed by atoms with Crippen molar-refractivity contribution in [3.05, 3.63) is 58.1 Å². The van der Waals surface area contributed by atoms with E-state index in [4.69, 9.17) is 11.6 Å². The zero-order valence-electron chi connectivity index (χ0n) is 17.3. The third-order valence-electron chi connectivity index (χ3n) is 7.46. The standard InChI is InChI=1S/C24H22ClN3O3/c1-12-5-3-6-14(9-12)28-21(29)18-17-7-4-8-27(17)24(19(18)22(28)30)15-10-13(2)11-16(25)20(15)26-23(24)31/h3,5-6,9-11,17-19H,4,7-8H2,1-2H3,(H,26,31). The summed E-state index contributed by atoms with van der Waals surface area (Å²) in [5.41, 5.74) is 2.57. The Morgan fingerprint density at radius 1 is 1.06 bits per heavy atom. The SMILES string of the molecule is Cc1cccc(N2C(=O)C3C4CCCN4C4(C(=O)Nc5c(Cl)cc(C)cc54)C3C2=O)c1. The van der Waals surface area contributed by atoms with Crippen molar-refractivity contribution in [2.24, 2.45) is 11.8 Å². The van der Waals surface area contributed by atoms with Crippen LogP contribution in [-0.2, 0) is 19.9 Å². The summed E-state index contributed by atoms with van der Waals surface area (Å²) in [5, 5.41) is 3.42. The van der Waals surface area contributed by atoms with E-state index in [1.807, 2.05) is 44.2 Å². The number of halogens is 1. The van der Waals surface area contributed by atoms with Crippen LogP contribution in [0.2, 0.25) is 5.02 Å². The van der Waals surface area contributed by atoms with Crippen LogP contribution in [0.25, 0.3) is 0 Å². The summed E-state index contributed by atoms with van der Waals surface area (Å²) in [6.45, 7) is 4.54. The molecule has 4 unspecified atom stereocenters. The van der Waals surface area contributed by atoms with Gasteiger partial charge in [0, 0.05) is 11.6 Å². The number of rotatable bonds is 1. The summed E-state index contributed by atoms with van der Waals surface area (Å²) in [4.78, 5) is 44.6. The Balaban J connectivity index is 1.58. The largest absolute Gasteiger partial charge is 0.323 e. The van der Waals surface area contributed by atoms with Crippen molar-refractivity contribution < 1.29 is 14.4 Å². The summed E-state index contributed by atoms with van der Waals surface area (Å²) in [5.74, 6) is -2.04. The molecule has 4 atom stereocenters. The average Bonchev–Trinajstić information content (AvgIpc) is 3.41. The first-order valence-corrected chi connectivity index (χ1v) is 11.1. The minimum atomic E-state index is -1.19. The van der Waals surface area contributed by atoms with Crippen LogP contribution in [0.1, 0.15) is 29.5 Å². The molecule has 3 amide bonds. The molecule has 0 bridgehead atoms. The molecule has 1 N–H and O–H groups in total. The number of fused-ring (bicyclic) bond motifs is 7. The summed E-state index contributed by atoms with van der Waals surface area (Å²) < 4.78 is 0. The maximum absolute atomic E-state index is 13.9. The van der Waals surface area contributed by atoms with E-state index >= 15 is 0 Å². The zero-order chi connectivity index (χ0) is 21.7. The molecule has 0 aromatic heterocycles. The third kappa shape index (κ3) is 2.19. The van der Waals surface area contributed by atoms with Gasteiger partial charge in [0.2, 0.25) is 11.8 Å². The molecular formula is C24H22ClN3O3. The van der Waals surface area contributed by atoms with Crippen LogP contribution in [-0.4, -0.2) is 35.2 Å². The van der Waals surface area contributed by atoms with E-state index in [2.05, 4.69) is 10.2 Å². The number of benzene rings is 2. The lowest BCUT2D eigenvalue weighted by Gasteiger charge is -2.36. The smallest absolute Gasteiger partial charge is 0.250 e. The van der Waals surface area contributed by atoms with E-state index in [0.717, 1.165) is 29.5 Å². The Kier molecular flexibility index (Phi) is 3.79. The molecule has 158 valence electrons. The zero-order valence-corrected chi connectivity index (χ0v) is 18.1. The quantitative estimate of drug-likeness (QED) is 0.697. The first kappa shape index (κ1) is 19.0. The second-order valence-electron chi connectivity index (χ2n) is 9.15. The highest BCUT2D eigenvalue weighted by molar-refractivity contribution is 6.35. The highest BCUT2D eigenvalue weighted by Gasteiger charge is 2.74. The van der Waals surface area contributed by atoms with Crippen molar-refractivity contribution in [2.45, 2.75) is 38.3 Å². The number of nitrogens with one attached hydrogen (secondary N) is 1. The number of amides is 3. The fourth-order valence-electron chi connectivity index (χ4n) is 6.42. The predicted octanol–water partition coefficient (Wildman–Crippen LogP) is 3.39. The molecule has 6 nitrogen and oxygen atoms in total. The van der Waals surface area contributed by atoms with E-state index in [1.54, 1.807) is 6.07 Å². The molecule has 3 fully saturated rings. The monoisotopic (exact) mass is 435 g/mol. The summed E-state index contributed by atoms with van der Waals surface area (Å²) in [7, 11) is 0. The molecule has 0 radical (unpaired) electrons. The van der Waals surface area contributed by atoms with Crippen LogP contribution >= 0.6 is 11.6 Å². The van der Waals surface area contributed by atoms with Gasteiger partial charge in [-0.05, 0) is 62.6 Å². The molecule has 6 rings (SSSR count). The van der Waals surface area contributed by atoms with Crippen molar-refractivity contribution in [3.8, 4) is 0 Å². The van der Waals surface area contributed by atoms with Gasteiger partial charge in [-0.15, -0.1) is 0 Å². The highest BCUT2D eigenvalue weighted by atomic mass is 35.5. The van der Waals surface area contributed by atoms with Crippen molar-refractivity contribution in [1.82, 2.24) is 4.90 Å². The molecule has 3 saturated heterocycles. The van der Waals surface area contributed by atoms with Gasteiger partial charge in [-0.2, -0.15) is 0 Å². The van der Waals surface area contributed by atoms with Crippen LogP contribution in [0.4, 0.5) is 11.4 Å². The summed E-state index contributed by atoms with van der Waals surface area (Å²) in [6, 6.07) is 11.0. The Labute approximate surface area is 185 Å². The van der Waals surface area contributed by atoms with Gasteiger partial charge in [-0.1, -0.05) is 29.8 Å². The van der Waals surface area contributed by atoms with Gasteiger partial charge in [-0.3, -0.25) is 19.3 Å². The van der Waals surface area contributed by atoms with Crippen molar-refractivity contribution in [2.75, 3.05) is 16.8 Å². The molecule has 4 aliphatic rings. The summed E-state index contributed by atoms with van der Waals surface area (Å²) >= 11 is 6.50. The molecule has 2 aromatic carbocycles. The molecule has 1 spiro atoms. The van der Waals surface area contributed by atoms with Crippen LogP contribution in [0.15, 0.2) is 36.4 Å². The number of hydrogen-bond donors (Lipinski definition) is 1. The second-order valence-corrected chi connectivity index (χ2v) is 9.55. The van der Waals surface area contributed by atoms with E-state index in [1.165, 1.54) is 4.90 Å². The Morgan fingerprint density at radius 3 is 2.65 bits per heavy atom. The number of nitrogens with zero attached hydrogens (tertiary/aromatic N) is 2. The maximum atomic E-state index is 13.9. The normalized spacial score (nSPS) is 31.4. The first-order chi connectivity index (χ1) is 14.9. The minimum absolute atomic E-state index is 0.132. The lowest BCUT2D eigenvalue weighted by Crippen LogP contribution is -2.54. The Morgan fingerprint density at radius 2 is 1.87 bits per heavy atom. The topological polar surface area (TPSA) is 69.7 Å². The van der Waals surface area contributed by atoms with Crippen LogP contribution in [0, 0.1) is 25.7 Å². The lowest BCUT2D eigenvalue weighted by atomic mass is 9.75. The Bertz CT molecular complexity index is 1190. The number of aryl methyl sites for hydroxylation is 2. The molecule has 0 aliphatic carbocycles. The Hall–Kier alpha value is -2.70. The molecule has 4 aliphatic heterocycles. The van der Waals surface area contributed by atoms with E-state index in [-0.39, 0.29) is 23.8 Å². The molecule has 0 saturated carbocycles. The lowest BCUT2D eigenvalue weighted by molar-refractivity contribution is -0.135. The maximum Gasteiger partial charge on any atom is 0.250 e. The number of hydrogen-bond acceptors (Lipinski definition) is 4. The molecule has 31 heavy (non-hydrogen) atoms. The third-order valence-corrected chi connectivity index (χ3v) is 7.76. The fraction of sp³-hybridized carbons (Fsp3) is 0.375. The second kappa shape index (κ2) is 6.17. The van der Waals surface area contributed by atoms with Gasteiger partial charge in [0.25, 0.3) is 5.91 Å². The number of anilines is 2. The molecule has 4 heterocycles. The number of imide groups is 1. The first-order valence-electron chi connectivity index (χ1n) is 10.7. The van der Waals surface area contributed by atoms with E-state index in [0.29, 0.717) is 22.9 Å². The predicted molar refractivity (Wildman–Crippen MR) is 117 cm³/mol. The fourth-order valence-corrected chi connectivity index (χ4v) is 6.74. The average molecular weight is 436 g/mol. The number of carbonyl (C=O) groups excluding carboxylic acids is 3. The molecule has 7 heteroatoms. The molecule has 2 aromatic rings. The molecular weight excluding hydrogens is 414 g/mol. The number of carbonyl (C=O) groups is 3. The van der Waals surface area contributed by atoms with Gasteiger partial charge in [0.05, 0.1) is 28.2 Å². The minimum Gasteiger partial charge on any atom is -0.323 e. The van der Waals surface area contributed by atoms with Gasteiger partial charge in [0.1, 0.15) is 5.54 Å². The highest BCUT2D eigenvalue weighted by Crippen LogP contribution is 2.61. The van der Waals surface area contributed by atoms with Gasteiger partial charge < -0.3 is 5.32 Å².